The van der Waals surface area contributed by atoms with Crippen LogP contribution in [0.3, 0.4) is 0 Å². The molecule has 0 radical (unpaired) electrons. The van der Waals surface area contributed by atoms with Crippen LogP contribution >= 0.6 is 11.6 Å². The summed E-state index contributed by atoms with van der Waals surface area (Å²) in [4.78, 5) is 10.1. The summed E-state index contributed by atoms with van der Waals surface area (Å²) in [7, 11) is -8.11. The predicted octanol–water partition coefficient (Wildman–Crippen LogP) is 4.00. The van der Waals surface area contributed by atoms with Crippen molar-refractivity contribution >= 4 is 43.0 Å². The van der Waals surface area contributed by atoms with Crippen LogP contribution in [0.15, 0.2) is 34.1 Å². The molecule has 0 atom stereocenters. The predicted molar refractivity (Wildman–Crippen MR) is 120 cm³/mol. The number of nitrogens with one attached hydrogen (secondary N) is 1. The Kier molecular flexibility index (Phi) is 7.36. The molecule has 31 heavy (non-hydrogen) atoms. The van der Waals surface area contributed by atoms with Gasteiger partial charge in [-0.2, -0.15) is 4.31 Å². The summed E-state index contributed by atoms with van der Waals surface area (Å²) in [5.74, 6) is 0. The fraction of sp³-hybridized carbons (Fsp3) is 0.368. The molecule has 0 aliphatic rings. The van der Waals surface area contributed by atoms with E-state index in [1.165, 1.54) is 23.4 Å². The number of nitro benzene ring substituents is 1. The fourth-order valence-electron chi connectivity index (χ4n) is 2.98. The first kappa shape index (κ1) is 25.1. The van der Waals surface area contributed by atoms with Gasteiger partial charge in [-0.3, -0.25) is 14.8 Å². The van der Waals surface area contributed by atoms with E-state index in [9.17, 15) is 26.9 Å². The van der Waals surface area contributed by atoms with Crippen molar-refractivity contribution in [2.75, 3.05) is 17.8 Å². The summed E-state index contributed by atoms with van der Waals surface area (Å²) < 4.78 is 55.3. The van der Waals surface area contributed by atoms with Crippen LogP contribution in [0.5, 0.6) is 0 Å². The van der Waals surface area contributed by atoms with Gasteiger partial charge >= 0.3 is 0 Å². The zero-order valence-corrected chi connectivity index (χ0v) is 20.2. The Morgan fingerprint density at radius 2 is 1.55 bits per heavy atom. The molecule has 0 aromatic heterocycles. The number of rotatable bonds is 8. The summed E-state index contributed by atoms with van der Waals surface area (Å²) >= 11 is 6.00. The molecule has 0 saturated heterocycles. The molecule has 0 aliphatic heterocycles. The number of nitrogens with zero attached hydrogens (tertiary/aromatic N) is 2. The summed E-state index contributed by atoms with van der Waals surface area (Å²) in [5, 5.41) is 11.2. The molecule has 2 aromatic carbocycles. The molecule has 9 nitrogen and oxygen atoms in total. The maximum absolute atomic E-state index is 13.0. The van der Waals surface area contributed by atoms with Crippen molar-refractivity contribution < 1.29 is 21.8 Å². The molecule has 0 saturated carbocycles. The maximum Gasteiger partial charge on any atom is 0.275 e. The van der Waals surface area contributed by atoms with Crippen LogP contribution in [-0.2, 0) is 20.0 Å². The highest BCUT2D eigenvalue weighted by molar-refractivity contribution is 7.92. The molecule has 2 aromatic rings. The molecule has 0 bridgehead atoms. The lowest BCUT2D eigenvalue weighted by atomic mass is 10.1. The summed E-state index contributed by atoms with van der Waals surface area (Å²) in [6, 6.07) is 4.76. The van der Waals surface area contributed by atoms with Crippen LogP contribution in [0.1, 0.15) is 30.5 Å². The molecule has 170 valence electrons. The van der Waals surface area contributed by atoms with Gasteiger partial charge in [0.2, 0.25) is 10.0 Å². The van der Waals surface area contributed by atoms with Gasteiger partial charge in [0.15, 0.2) is 0 Å². The minimum atomic E-state index is -4.29. The molecule has 2 rings (SSSR count). The second kappa shape index (κ2) is 9.11. The Hall–Kier alpha value is -2.21. The highest BCUT2D eigenvalue weighted by Crippen LogP contribution is 2.32. The molecule has 1 N–H and O–H groups in total. The highest BCUT2D eigenvalue weighted by atomic mass is 35.5. The highest BCUT2D eigenvalue weighted by Gasteiger charge is 2.26. The van der Waals surface area contributed by atoms with E-state index in [2.05, 4.69) is 4.72 Å². The lowest BCUT2D eigenvalue weighted by molar-refractivity contribution is -0.385. The molecular formula is C19H24ClN3O6S2. The molecule has 0 fully saturated rings. The Morgan fingerprint density at radius 3 is 2.06 bits per heavy atom. The second-order valence-corrected chi connectivity index (χ2v) is 10.9. The second-order valence-electron chi connectivity index (χ2n) is 6.91. The van der Waals surface area contributed by atoms with E-state index < -0.39 is 35.6 Å². The molecule has 0 aliphatic carbocycles. The Labute approximate surface area is 187 Å². The molecule has 0 unspecified atom stereocenters. The molecule has 0 heterocycles. The average molecular weight is 490 g/mol. The third kappa shape index (κ3) is 5.00. The molecule has 0 amide bonds. The average Bonchev–Trinajstić information content (AvgIpc) is 2.67. The minimum Gasteiger partial charge on any atom is -0.279 e. The lowest BCUT2D eigenvalue weighted by Gasteiger charge is -2.20. The first-order valence-electron chi connectivity index (χ1n) is 9.35. The van der Waals surface area contributed by atoms with Crippen molar-refractivity contribution in [1.82, 2.24) is 4.31 Å². The monoisotopic (exact) mass is 489 g/mol. The van der Waals surface area contributed by atoms with Gasteiger partial charge < -0.3 is 0 Å². The Bertz CT molecular complexity index is 1240. The third-order valence-corrected chi connectivity index (χ3v) is 8.79. The van der Waals surface area contributed by atoms with Gasteiger partial charge in [0.25, 0.3) is 15.7 Å². The maximum atomic E-state index is 13.0. The van der Waals surface area contributed by atoms with Crippen LogP contribution < -0.4 is 4.72 Å². The minimum absolute atomic E-state index is 0.0510. The van der Waals surface area contributed by atoms with Crippen LogP contribution in [0, 0.1) is 30.9 Å². The van der Waals surface area contributed by atoms with E-state index in [-0.39, 0.29) is 34.3 Å². The Morgan fingerprint density at radius 1 is 0.968 bits per heavy atom. The van der Waals surface area contributed by atoms with E-state index in [4.69, 9.17) is 11.6 Å². The van der Waals surface area contributed by atoms with E-state index in [1.54, 1.807) is 27.7 Å². The van der Waals surface area contributed by atoms with Gasteiger partial charge in [0, 0.05) is 24.7 Å². The van der Waals surface area contributed by atoms with Gasteiger partial charge in [-0.1, -0.05) is 25.4 Å². The fourth-order valence-corrected chi connectivity index (χ4v) is 5.99. The SMILES string of the molecule is CCN(CC)S(=O)(=O)c1cc(C)c(C)c(NS(=O)(=O)c2cc(Cl)c(C)c([N+](=O)[O-])c2)c1. The number of hydrogen-bond donors (Lipinski definition) is 1. The molecular weight excluding hydrogens is 466 g/mol. The Balaban J connectivity index is 2.61. The smallest absolute Gasteiger partial charge is 0.275 e. The topological polar surface area (TPSA) is 127 Å². The van der Waals surface area contributed by atoms with Crippen molar-refractivity contribution in [3.63, 3.8) is 0 Å². The normalized spacial score (nSPS) is 12.2. The van der Waals surface area contributed by atoms with E-state index in [0.717, 1.165) is 12.1 Å². The van der Waals surface area contributed by atoms with Crippen molar-refractivity contribution in [3.05, 3.63) is 56.1 Å². The van der Waals surface area contributed by atoms with E-state index in [1.807, 2.05) is 0 Å². The van der Waals surface area contributed by atoms with Crippen molar-refractivity contribution in [1.29, 1.82) is 0 Å². The lowest BCUT2D eigenvalue weighted by Crippen LogP contribution is -2.30. The first-order valence-corrected chi connectivity index (χ1v) is 12.6. The van der Waals surface area contributed by atoms with Crippen LogP contribution in [-0.4, -0.2) is 39.2 Å². The molecule has 12 heteroatoms. The third-order valence-electron chi connectivity index (χ3n) is 5.03. The number of sulfonamides is 2. The van der Waals surface area contributed by atoms with E-state index >= 15 is 0 Å². The van der Waals surface area contributed by atoms with E-state index in [0.29, 0.717) is 11.1 Å². The van der Waals surface area contributed by atoms with Crippen molar-refractivity contribution in [3.8, 4) is 0 Å². The zero-order valence-electron chi connectivity index (χ0n) is 17.8. The summed E-state index contributed by atoms with van der Waals surface area (Å²) in [6.07, 6.45) is 0. The zero-order chi connectivity index (χ0) is 23.7. The van der Waals surface area contributed by atoms with Crippen molar-refractivity contribution in [2.24, 2.45) is 0 Å². The van der Waals surface area contributed by atoms with Gasteiger partial charge in [-0.05, 0) is 50.1 Å². The van der Waals surface area contributed by atoms with Gasteiger partial charge in [0.1, 0.15) is 0 Å². The number of halogens is 1. The largest absolute Gasteiger partial charge is 0.279 e. The number of hydrogen-bond acceptors (Lipinski definition) is 6. The first-order chi connectivity index (χ1) is 14.3. The standard InChI is InChI=1S/C19H24ClN3O6S2/c1-6-22(7-2)31(28,29)16-8-12(3)13(4)18(10-16)21-30(26,27)15-9-17(20)14(5)19(11-15)23(24)25/h8-11,21H,6-7H2,1-5H3. The number of anilines is 1. The van der Waals surface area contributed by atoms with Crippen LogP contribution in [0.4, 0.5) is 11.4 Å². The summed E-state index contributed by atoms with van der Waals surface area (Å²) in [5.41, 5.74) is 0.863. The van der Waals surface area contributed by atoms with Crippen molar-refractivity contribution in [2.45, 2.75) is 44.4 Å². The molecule has 0 spiro atoms. The van der Waals surface area contributed by atoms with Gasteiger partial charge in [-0.15, -0.1) is 0 Å². The number of benzene rings is 2. The number of aryl methyl sites for hydroxylation is 1. The van der Waals surface area contributed by atoms with Gasteiger partial charge in [-0.25, -0.2) is 16.8 Å². The number of nitro groups is 1. The van der Waals surface area contributed by atoms with Gasteiger partial charge in [0.05, 0.1) is 25.4 Å². The quantitative estimate of drug-likeness (QED) is 0.441. The van der Waals surface area contributed by atoms with Crippen LogP contribution in [0.25, 0.3) is 0 Å². The van der Waals surface area contributed by atoms with Crippen LogP contribution in [0.2, 0.25) is 5.02 Å². The summed E-state index contributed by atoms with van der Waals surface area (Å²) in [6.45, 7) is 8.67.